The first kappa shape index (κ1) is 12.5. The average molecular weight is 423 g/mol. The van der Waals surface area contributed by atoms with Crippen molar-refractivity contribution in [2.45, 2.75) is 6.61 Å². The van der Waals surface area contributed by atoms with Crippen LogP contribution in [0.4, 0.5) is 0 Å². The van der Waals surface area contributed by atoms with Crippen molar-refractivity contribution in [1.29, 1.82) is 0 Å². The van der Waals surface area contributed by atoms with Crippen molar-refractivity contribution >= 4 is 45.3 Å². The van der Waals surface area contributed by atoms with Crippen LogP contribution in [-0.4, -0.2) is 24.8 Å². The standard InChI is InChI=1S/C10H8IN5O2S2/c1-15-10(17)16(14-13-15)8-6(7(11)5-20-8)4-18-9-12-2-3-19-9/h2-3,5H,4H2,1H3/i2T. The van der Waals surface area contributed by atoms with Gasteiger partial charge in [-0.3, -0.25) is 0 Å². The largest absolute Gasteiger partial charge is 0.465 e. The molecule has 0 unspecified atom stereocenters. The molecule has 20 heavy (non-hydrogen) atoms. The number of aromatic nitrogens is 5. The van der Waals surface area contributed by atoms with Gasteiger partial charge < -0.3 is 4.74 Å². The SMILES string of the molecule is [3H]c1csc(OCc2c(I)csc2-n2nnn(C)c2=O)n1. The highest BCUT2D eigenvalue weighted by Crippen LogP contribution is 2.28. The zero-order chi connectivity index (χ0) is 15.0. The molecule has 3 aromatic rings. The molecule has 0 aromatic carbocycles. The predicted octanol–water partition coefficient (Wildman–Crippen LogP) is 1.67. The van der Waals surface area contributed by atoms with E-state index in [9.17, 15) is 4.79 Å². The van der Waals surface area contributed by atoms with E-state index in [1.807, 2.05) is 5.38 Å². The molecule has 7 nitrogen and oxygen atoms in total. The fourth-order valence-corrected chi connectivity index (χ4v) is 3.78. The third kappa shape index (κ3) is 2.50. The Morgan fingerprint density at radius 2 is 2.35 bits per heavy atom. The van der Waals surface area contributed by atoms with E-state index >= 15 is 0 Å². The van der Waals surface area contributed by atoms with Gasteiger partial charge >= 0.3 is 5.69 Å². The number of hydrogen-bond donors (Lipinski definition) is 0. The number of tetrazole rings is 1. The normalized spacial score (nSPS) is 11.6. The number of nitrogens with zero attached hydrogens (tertiary/aromatic N) is 5. The second-order valence-electron chi connectivity index (χ2n) is 3.70. The Morgan fingerprint density at radius 3 is 3.00 bits per heavy atom. The van der Waals surface area contributed by atoms with Crippen LogP contribution in [0, 0.1) is 3.57 Å². The third-order valence-corrected chi connectivity index (χ3v) is 5.46. The molecular weight excluding hydrogens is 413 g/mol. The van der Waals surface area contributed by atoms with Crippen molar-refractivity contribution in [2.75, 3.05) is 0 Å². The molecule has 0 bridgehead atoms. The number of thiazole rings is 1. The summed E-state index contributed by atoms with van der Waals surface area (Å²) in [6.07, 6.45) is 0.181. The topological polar surface area (TPSA) is 74.8 Å². The molecule has 0 aliphatic rings. The second-order valence-corrected chi connectivity index (χ2v) is 6.54. The quantitative estimate of drug-likeness (QED) is 0.597. The summed E-state index contributed by atoms with van der Waals surface area (Å²) < 4.78 is 16.4. The second kappa shape index (κ2) is 5.61. The molecule has 3 heterocycles. The molecule has 0 aliphatic heterocycles. The molecular formula is C10H8IN5O2S2. The molecule has 3 aromatic heterocycles. The van der Waals surface area contributed by atoms with E-state index in [0.717, 1.165) is 9.13 Å². The van der Waals surface area contributed by atoms with Crippen molar-refractivity contribution in [1.82, 2.24) is 24.8 Å². The summed E-state index contributed by atoms with van der Waals surface area (Å²) in [4.78, 5) is 15.9. The maximum absolute atomic E-state index is 11.9. The number of thiophene rings is 1. The van der Waals surface area contributed by atoms with E-state index in [1.54, 1.807) is 12.4 Å². The maximum atomic E-state index is 11.9. The molecule has 10 heteroatoms. The van der Waals surface area contributed by atoms with E-state index < -0.39 is 0 Å². The monoisotopic (exact) mass is 423 g/mol. The lowest BCUT2D eigenvalue weighted by atomic mass is 10.3. The molecule has 0 spiro atoms. The van der Waals surface area contributed by atoms with Crippen LogP contribution in [-0.2, 0) is 13.7 Å². The maximum Gasteiger partial charge on any atom is 0.368 e. The summed E-state index contributed by atoms with van der Waals surface area (Å²) in [5.74, 6) is 0. The molecule has 0 aliphatic carbocycles. The van der Waals surface area contributed by atoms with Gasteiger partial charge in [-0.15, -0.1) is 16.0 Å². The van der Waals surface area contributed by atoms with Crippen molar-refractivity contribution in [3.05, 3.63) is 36.6 Å². The van der Waals surface area contributed by atoms with E-state index in [-0.39, 0.29) is 18.5 Å². The van der Waals surface area contributed by atoms with E-state index in [2.05, 4.69) is 38.0 Å². The summed E-state index contributed by atoms with van der Waals surface area (Å²) in [5, 5.41) is 12.2. The molecule has 0 fully saturated rings. The molecule has 0 amide bonds. The Labute approximate surface area is 136 Å². The lowest BCUT2D eigenvalue weighted by Crippen LogP contribution is -2.22. The van der Waals surface area contributed by atoms with Crippen LogP contribution in [0.15, 0.2) is 21.7 Å². The lowest BCUT2D eigenvalue weighted by molar-refractivity contribution is 0.303. The van der Waals surface area contributed by atoms with Crippen LogP contribution in [0.5, 0.6) is 5.19 Å². The van der Waals surface area contributed by atoms with Gasteiger partial charge in [0.2, 0.25) is 0 Å². The molecule has 0 atom stereocenters. The van der Waals surface area contributed by atoms with Crippen LogP contribution in [0.25, 0.3) is 5.00 Å². The van der Waals surface area contributed by atoms with Gasteiger partial charge in [-0.05, 0) is 33.0 Å². The fraction of sp³-hybridized carbons (Fsp3) is 0.200. The van der Waals surface area contributed by atoms with Gasteiger partial charge in [-0.25, -0.2) is 9.78 Å². The average Bonchev–Trinajstić information content (AvgIpc) is 3.11. The summed E-state index contributed by atoms with van der Waals surface area (Å²) in [5.41, 5.74) is 0.544. The van der Waals surface area contributed by atoms with E-state index in [4.69, 9.17) is 6.11 Å². The van der Waals surface area contributed by atoms with Gasteiger partial charge in [0, 0.05) is 33.1 Å². The zero-order valence-electron chi connectivity index (χ0n) is 11.1. The zero-order valence-corrected chi connectivity index (χ0v) is 13.9. The van der Waals surface area contributed by atoms with Crippen molar-refractivity contribution < 1.29 is 6.11 Å². The Kier molecular flexibility index (Phi) is 3.50. The summed E-state index contributed by atoms with van der Waals surface area (Å²) >= 11 is 4.85. The molecule has 0 saturated heterocycles. The van der Waals surface area contributed by atoms with Crippen LogP contribution in [0.1, 0.15) is 6.93 Å². The highest BCUT2D eigenvalue weighted by atomic mass is 127. The van der Waals surface area contributed by atoms with Crippen molar-refractivity contribution in [2.24, 2.45) is 7.05 Å². The first-order valence-electron chi connectivity index (χ1n) is 5.86. The van der Waals surface area contributed by atoms with Crippen LogP contribution >= 0.6 is 45.3 Å². The van der Waals surface area contributed by atoms with E-state index in [0.29, 0.717) is 10.2 Å². The number of hydrogen-bond acceptors (Lipinski definition) is 7. The highest BCUT2D eigenvalue weighted by Gasteiger charge is 2.17. The van der Waals surface area contributed by atoms with Crippen LogP contribution < -0.4 is 10.4 Å². The summed E-state index contributed by atoms with van der Waals surface area (Å²) in [6, 6.07) is 0. The number of rotatable bonds is 4. The Morgan fingerprint density at radius 1 is 1.50 bits per heavy atom. The third-order valence-electron chi connectivity index (χ3n) is 2.44. The number of aryl methyl sites for hydroxylation is 1. The summed E-state index contributed by atoms with van der Waals surface area (Å²) in [6.45, 7) is 0.257. The molecule has 0 saturated carbocycles. The predicted molar refractivity (Wildman–Crippen MR) is 83.6 cm³/mol. The Bertz CT molecular complexity index is 839. The van der Waals surface area contributed by atoms with Gasteiger partial charge in [0.15, 0.2) is 0 Å². The van der Waals surface area contributed by atoms with Crippen LogP contribution in [0.3, 0.4) is 0 Å². The molecule has 104 valence electrons. The van der Waals surface area contributed by atoms with Crippen LogP contribution in [0.2, 0.25) is 0 Å². The number of halogens is 1. The van der Waals surface area contributed by atoms with Gasteiger partial charge in [0.1, 0.15) is 11.6 Å². The van der Waals surface area contributed by atoms with Gasteiger partial charge in [-0.2, -0.15) is 4.68 Å². The lowest BCUT2D eigenvalue weighted by Gasteiger charge is -2.04. The van der Waals surface area contributed by atoms with E-state index in [1.165, 1.54) is 32.0 Å². The minimum atomic E-state index is -0.308. The van der Waals surface area contributed by atoms with Gasteiger partial charge in [0.25, 0.3) is 5.19 Å². The molecule has 0 radical (unpaired) electrons. The smallest absolute Gasteiger partial charge is 0.368 e. The summed E-state index contributed by atoms with van der Waals surface area (Å²) in [7, 11) is 1.55. The van der Waals surface area contributed by atoms with Crippen molar-refractivity contribution in [3.8, 4) is 10.2 Å². The fourth-order valence-electron chi connectivity index (χ4n) is 1.48. The highest BCUT2D eigenvalue weighted by molar-refractivity contribution is 14.1. The first-order valence-corrected chi connectivity index (χ1v) is 8.20. The van der Waals surface area contributed by atoms with Gasteiger partial charge in [0.05, 0.1) is 1.37 Å². The minimum Gasteiger partial charge on any atom is -0.465 e. The Hall–Kier alpha value is -1.27. The van der Waals surface area contributed by atoms with Gasteiger partial charge in [-0.1, -0.05) is 11.3 Å². The first-order chi connectivity index (χ1) is 10.1. The molecule has 3 rings (SSSR count). The minimum absolute atomic E-state index is 0.181. The molecule has 0 N–H and O–H groups in total. The number of ether oxygens (including phenoxy) is 1. The Balaban J connectivity index is 1.90. The van der Waals surface area contributed by atoms with Crippen molar-refractivity contribution in [3.63, 3.8) is 0 Å².